The predicted molar refractivity (Wildman–Crippen MR) is 126 cm³/mol. The van der Waals surface area contributed by atoms with Crippen molar-refractivity contribution in [2.24, 2.45) is 10.9 Å². The van der Waals surface area contributed by atoms with Crippen molar-refractivity contribution < 1.29 is 13.9 Å². The Morgan fingerprint density at radius 1 is 1.24 bits per heavy atom. The molecule has 1 unspecified atom stereocenters. The van der Waals surface area contributed by atoms with Gasteiger partial charge < -0.3 is 24.1 Å². The first kappa shape index (κ1) is 23.7. The van der Waals surface area contributed by atoms with Crippen LogP contribution in [0.2, 0.25) is 0 Å². The lowest BCUT2D eigenvalue weighted by Gasteiger charge is -2.22. The van der Waals surface area contributed by atoms with Crippen LogP contribution < -0.4 is 5.32 Å². The molecule has 0 amide bonds. The minimum absolute atomic E-state index is 0. The van der Waals surface area contributed by atoms with E-state index in [0.29, 0.717) is 25.7 Å². The summed E-state index contributed by atoms with van der Waals surface area (Å²) < 4.78 is 16.5. The van der Waals surface area contributed by atoms with Crippen molar-refractivity contribution in [3.8, 4) is 0 Å². The topological polar surface area (TPSA) is 59.2 Å². The number of guanidine groups is 1. The number of nitrogens with one attached hydrogen (secondary N) is 1. The third kappa shape index (κ3) is 8.36. The Morgan fingerprint density at radius 2 is 2.10 bits per heavy atom. The molecule has 0 bridgehead atoms. The molecule has 2 heterocycles. The predicted octanol–water partition coefficient (Wildman–Crippen LogP) is 3.57. The Bertz CT molecular complexity index is 695. The molecule has 1 aromatic carbocycles. The summed E-state index contributed by atoms with van der Waals surface area (Å²) in [5, 5.41) is 3.48. The highest BCUT2D eigenvalue weighted by Gasteiger charge is 2.25. The Balaban J connectivity index is 0.00000300. The number of hydrogen-bond donors (Lipinski definition) is 1. The van der Waals surface area contributed by atoms with E-state index in [2.05, 4.69) is 22.3 Å². The average molecular weight is 513 g/mol. The van der Waals surface area contributed by atoms with Gasteiger partial charge in [-0.3, -0.25) is 4.99 Å². The third-order valence-corrected chi connectivity index (χ3v) is 4.84. The van der Waals surface area contributed by atoms with Crippen molar-refractivity contribution in [2.75, 3.05) is 46.5 Å². The molecular formula is C22H32IN3O3. The number of likely N-dealkylation sites (tertiary alicyclic amines) is 1. The third-order valence-electron chi connectivity index (χ3n) is 4.84. The number of ether oxygens (including phenoxy) is 2. The van der Waals surface area contributed by atoms with Crippen LogP contribution in [0.25, 0.3) is 0 Å². The molecule has 29 heavy (non-hydrogen) atoms. The van der Waals surface area contributed by atoms with Crippen LogP contribution in [-0.2, 0) is 22.5 Å². The molecular weight excluding hydrogens is 481 g/mol. The first-order valence-corrected chi connectivity index (χ1v) is 10.0. The first-order chi connectivity index (χ1) is 13.8. The fourth-order valence-corrected chi connectivity index (χ4v) is 3.34. The molecule has 1 saturated heterocycles. The van der Waals surface area contributed by atoms with E-state index in [4.69, 9.17) is 18.9 Å². The molecule has 0 aliphatic carbocycles. The highest BCUT2D eigenvalue weighted by Crippen LogP contribution is 2.17. The minimum Gasteiger partial charge on any atom is -0.469 e. The molecule has 3 rings (SSSR count). The van der Waals surface area contributed by atoms with Gasteiger partial charge in [-0.25, -0.2) is 0 Å². The van der Waals surface area contributed by atoms with Crippen LogP contribution in [0.1, 0.15) is 17.7 Å². The lowest BCUT2D eigenvalue weighted by molar-refractivity contribution is 0.0906. The molecule has 2 aromatic rings. The molecule has 1 aliphatic heterocycles. The van der Waals surface area contributed by atoms with Gasteiger partial charge >= 0.3 is 0 Å². The second kappa shape index (κ2) is 13.6. The van der Waals surface area contributed by atoms with E-state index < -0.39 is 0 Å². The molecule has 1 atom stereocenters. The van der Waals surface area contributed by atoms with E-state index >= 15 is 0 Å². The van der Waals surface area contributed by atoms with E-state index in [1.807, 2.05) is 30.3 Å². The summed E-state index contributed by atoms with van der Waals surface area (Å²) >= 11 is 0. The number of methoxy groups -OCH3 is 1. The maximum absolute atomic E-state index is 5.94. The Hall–Kier alpha value is -1.58. The van der Waals surface area contributed by atoms with Crippen LogP contribution in [-0.4, -0.2) is 57.4 Å². The zero-order valence-electron chi connectivity index (χ0n) is 17.1. The highest BCUT2D eigenvalue weighted by atomic mass is 127. The minimum atomic E-state index is 0. The zero-order chi connectivity index (χ0) is 19.4. The molecule has 1 aromatic heterocycles. The zero-order valence-corrected chi connectivity index (χ0v) is 19.4. The van der Waals surface area contributed by atoms with Crippen molar-refractivity contribution in [3.05, 3.63) is 60.1 Å². The molecule has 1 aliphatic rings. The summed E-state index contributed by atoms with van der Waals surface area (Å²) in [4.78, 5) is 7.04. The van der Waals surface area contributed by atoms with Crippen molar-refractivity contribution in [3.63, 3.8) is 0 Å². The van der Waals surface area contributed by atoms with Crippen molar-refractivity contribution >= 4 is 29.9 Å². The van der Waals surface area contributed by atoms with Gasteiger partial charge in [0.2, 0.25) is 0 Å². The van der Waals surface area contributed by atoms with Gasteiger partial charge in [0, 0.05) is 39.1 Å². The van der Waals surface area contributed by atoms with E-state index in [9.17, 15) is 0 Å². The second-order valence-corrected chi connectivity index (χ2v) is 7.06. The summed E-state index contributed by atoms with van der Waals surface area (Å²) in [6.45, 7) is 5.50. The molecule has 0 radical (unpaired) electrons. The van der Waals surface area contributed by atoms with Gasteiger partial charge in [-0.15, -0.1) is 24.0 Å². The number of benzene rings is 1. The van der Waals surface area contributed by atoms with E-state index in [0.717, 1.165) is 50.8 Å². The van der Waals surface area contributed by atoms with Crippen LogP contribution in [0, 0.1) is 5.92 Å². The maximum atomic E-state index is 5.94. The maximum Gasteiger partial charge on any atom is 0.194 e. The van der Waals surface area contributed by atoms with Gasteiger partial charge in [-0.1, -0.05) is 30.3 Å². The quantitative estimate of drug-likeness (QED) is 0.228. The smallest absolute Gasteiger partial charge is 0.194 e. The average Bonchev–Trinajstić information content (AvgIpc) is 3.40. The number of furan rings is 1. The van der Waals surface area contributed by atoms with Crippen molar-refractivity contribution in [2.45, 2.75) is 19.4 Å². The number of aliphatic imine (C=N–C) groups is 1. The monoisotopic (exact) mass is 513 g/mol. The van der Waals surface area contributed by atoms with Gasteiger partial charge in [0.05, 0.1) is 32.6 Å². The van der Waals surface area contributed by atoms with Gasteiger partial charge in [-0.2, -0.15) is 0 Å². The Labute approximate surface area is 190 Å². The second-order valence-electron chi connectivity index (χ2n) is 7.06. The van der Waals surface area contributed by atoms with Crippen LogP contribution in [0.4, 0.5) is 0 Å². The van der Waals surface area contributed by atoms with Gasteiger partial charge in [0.25, 0.3) is 0 Å². The summed E-state index contributed by atoms with van der Waals surface area (Å²) in [5.74, 6) is 2.47. The fourth-order valence-electron chi connectivity index (χ4n) is 3.34. The number of nitrogens with zero attached hydrogens (tertiary/aromatic N) is 2. The summed E-state index contributed by atoms with van der Waals surface area (Å²) in [6, 6.07) is 14.2. The van der Waals surface area contributed by atoms with Crippen LogP contribution >= 0.6 is 24.0 Å². The van der Waals surface area contributed by atoms with E-state index in [-0.39, 0.29) is 24.0 Å². The van der Waals surface area contributed by atoms with Crippen LogP contribution in [0.5, 0.6) is 0 Å². The molecule has 0 saturated carbocycles. The fraction of sp³-hybridized carbons (Fsp3) is 0.500. The Morgan fingerprint density at radius 3 is 2.86 bits per heavy atom. The summed E-state index contributed by atoms with van der Waals surface area (Å²) in [7, 11) is 1.70. The lowest BCUT2D eigenvalue weighted by Crippen LogP contribution is -2.41. The largest absolute Gasteiger partial charge is 0.469 e. The van der Waals surface area contributed by atoms with Gasteiger partial charge in [0.1, 0.15) is 5.76 Å². The molecule has 1 fully saturated rings. The van der Waals surface area contributed by atoms with Crippen LogP contribution in [0.15, 0.2) is 58.1 Å². The summed E-state index contributed by atoms with van der Waals surface area (Å²) in [5.41, 5.74) is 1.22. The molecule has 6 nitrogen and oxygen atoms in total. The number of hydrogen-bond acceptors (Lipinski definition) is 4. The van der Waals surface area contributed by atoms with E-state index in [1.165, 1.54) is 5.56 Å². The van der Waals surface area contributed by atoms with Gasteiger partial charge in [-0.05, 0) is 24.1 Å². The molecule has 0 spiro atoms. The molecule has 1 N–H and O–H groups in total. The van der Waals surface area contributed by atoms with Gasteiger partial charge in [0.15, 0.2) is 5.96 Å². The van der Waals surface area contributed by atoms with E-state index in [1.54, 1.807) is 13.4 Å². The van der Waals surface area contributed by atoms with Crippen molar-refractivity contribution in [1.82, 2.24) is 10.2 Å². The standard InChI is InChI=1S/C22H31N3O3.HI/c1-26-15-12-24-22(23-11-9-21-8-5-14-28-21)25-13-10-20(16-25)18-27-17-19-6-3-2-4-7-19;/h2-8,14,20H,9-13,15-18H2,1H3,(H,23,24);1H. The lowest BCUT2D eigenvalue weighted by atomic mass is 10.1. The van der Waals surface area contributed by atoms with Crippen LogP contribution in [0.3, 0.4) is 0 Å². The molecule has 7 heteroatoms. The highest BCUT2D eigenvalue weighted by molar-refractivity contribution is 14.0. The normalized spacial score (nSPS) is 16.7. The number of rotatable bonds is 10. The number of halogens is 1. The molecule has 160 valence electrons. The first-order valence-electron chi connectivity index (χ1n) is 10.0. The van der Waals surface area contributed by atoms with Crippen molar-refractivity contribution in [1.29, 1.82) is 0 Å². The SMILES string of the molecule is COCCN=C(NCCc1ccco1)N1CCC(COCc2ccccc2)C1.I. The summed E-state index contributed by atoms with van der Waals surface area (Å²) in [6.07, 6.45) is 3.68. The Kier molecular flexibility index (Phi) is 11.1.